The number of carbonyl (C=O) groups excluding carboxylic acids is 2. The van der Waals surface area contributed by atoms with Crippen LogP contribution in [0.5, 0.6) is 0 Å². The third-order valence-corrected chi connectivity index (χ3v) is 1.83. The van der Waals surface area contributed by atoms with E-state index in [0.29, 0.717) is 6.29 Å². The highest BCUT2D eigenvalue weighted by molar-refractivity contribution is 5.71. The number of rotatable bonds is 6. The van der Waals surface area contributed by atoms with E-state index in [-0.39, 0.29) is 6.54 Å². The van der Waals surface area contributed by atoms with E-state index in [4.69, 9.17) is 4.74 Å². The Morgan fingerprint density at radius 3 is 2.64 bits per heavy atom. The lowest BCUT2D eigenvalue weighted by atomic mass is 10.0. The maximum absolute atomic E-state index is 11.1. The van der Waals surface area contributed by atoms with Gasteiger partial charge in [-0.3, -0.25) is 0 Å². The second-order valence-corrected chi connectivity index (χ2v) is 3.80. The van der Waals surface area contributed by atoms with Gasteiger partial charge in [-0.25, -0.2) is 4.79 Å². The second kappa shape index (κ2) is 6.40. The van der Waals surface area contributed by atoms with Gasteiger partial charge in [-0.2, -0.15) is 0 Å². The fourth-order valence-electron chi connectivity index (χ4n) is 1.07. The van der Waals surface area contributed by atoms with Crippen LogP contribution < -0.4 is 5.32 Å². The van der Waals surface area contributed by atoms with Crippen molar-refractivity contribution in [3.05, 3.63) is 0 Å². The Morgan fingerprint density at radius 2 is 2.14 bits per heavy atom. The van der Waals surface area contributed by atoms with Crippen molar-refractivity contribution in [3.63, 3.8) is 0 Å². The van der Waals surface area contributed by atoms with Crippen LogP contribution in [0.4, 0.5) is 4.79 Å². The fourth-order valence-corrected chi connectivity index (χ4v) is 1.07. The van der Waals surface area contributed by atoms with E-state index in [2.05, 4.69) is 12.2 Å². The van der Waals surface area contributed by atoms with Gasteiger partial charge in [0.05, 0.1) is 6.54 Å². The first-order valence-electron chi connectivity index (χ1n) is 4.92. The van der Waals surface area contributed by atoms with E-state index in [1.165, 1.54) is 0 Å². The standard InChI is InChI=1S/C10H19NO3/c1-4-5-6-10(2,3)14-9(13)11-7-8-12/h8H,4-7H2,1-3H3,(H,11,13). The fraction of sp³-hybridized carbons (Fsp3) is 0.800. The predicted octanol–water partition coefficient (Wildman–Crippen LogP) is 1.88. The third-order valence-electron chi connectivity index (χ3n) is 1.83. The van der Waals surface area contributed by atoms with Gasteiger partial charge < -0.3 is 14.8 Å². The number of hydrogen-bond acceptors (Lipinski definition) is 3. The van der Waals surface area contributed by atoms with Crippen molar-refractivity contribution in [2.75, 3.05) is 6.54 Å². The molecule has 0 spiro atoms. The highest BCUT2D eigenvalue weighted by Gasteiger charge is 2.21. The number of alkyl carbamates (subject to hydrolysis) is 1. The number of nitrogens with one attached hydrogen (secondary N) is 1. The SMILES string of the molecule is CCCCC(C)(C)OC(=O)NCC=O. The van der Waals surface area contributed by atoms with E-state index in [0.717, 1.165) is 19.3 Å². The van der Waals surface area contributed by atoms with E-state index in [1.54, 1.807) is 0 Å². The highest BCUT2D eigenvalue weighted by Crippen LogP contribution is 2.17. The Hall–Kier alpha value is -1.06. The Labute approximate surface area is 85.0 Å². The van der Waals surface area contributed by atoms with E-state index in [1.807, 2.05) is 13.8 Å². The van der Waals surface area contributed by atoms with Gasteiger partial charge in [0, 0.05) is 0 Å². The molecule has 1 amide bonds. The van der Waals surface area contributed by atoms with Gasteiger partial charge in [-0.15, -0.1) is 0 Å². The lowest BCUT2D eigenvalue weighted by Crippen LogP contribution is -2.35. The predicted molar refractivity (Wildman–Crippen MR) is 54.2 cm³/mol. The van der Waals surface area contributed by atoms with Gasteiger partial charge in [0.25, 0.3) is 0 Å². The summed E-state index contributed by atoms with van der Waals surface area (Å²) in [7, 11) is 0. The van der Waals surface area contributed by atoms with E-state index in [9.17, 15) is 9.59 Å². The molecule has 0 unspecified atom stereocenters. The molecule has 0 bridgehead atoms. The van der Waals surface area contributed by atoms with Crippen molar-refractivity contribution in [3.8, 4) is 0 Å². The van der Waals surface area contributed by atoms with Crippen molar-refractivity contribution >= 4 is 12.4 Å². The number of amides is 1. The molecule has 0 atom stereocenters. The number of carbonyl (C=O) groups is 2. The molecular weight excluding hydrogens is 182 g/mol. The Bertz CT molecular complexity index is 190. The molecule has 0 aromatic heterocycles. The number of ether oxygens (including phenoxy) is 1. The number of aldehydes is 1. The summed E-state index contributed by atoms with van der Waals surface area (Å²) in [6, 6.07) is 0. The molecule has 14 heavy (non-hydrogen) atoms. The minimum Gasteiger partial charge on any atom is -0.444 e. The zero-order chi connectivity index (χ0) is 11.0. The number of unbranched alkanes of at least 4 members (excludes halogenated alkanes) is 1. The minimum atomic E-state index is -0.529. The summed E-state index contributed by atoms with van der Waals surface area (Å²) in [6.07, 6.45) is 3.02. The van der Waals surface area contributed by atoms with Crippen LogP contribution in [0.3, 0.4) is 0 Å². The summed E-state index contributed by atoms with van der Waals surface area (Å²) >= 11 is 0. The van der Waals surface area contributed by atoms with Gasteiger partial charge in [0.1, 0.15) is 11.9 Å². The van der Waals surface area contributed by atoms with Crippen LogP contribution in [0.1, 0.15) is 40.0 Å². The molecule has 0 rings (SSSR count). The maximum Gasteiger partial charge on any atom is 0.408 e. The Morgan fingerprint density at radius 1 is 1.50 bits per heavy atom. The van der Waals surface area contributed by atoms with Gasteiger partial charge >= 0.3 is 6.09 Å². The largest absolute Gasteiger partial charge is 0.444 e. The van der Waals surface area contributed by atoms with Crippen molar-refractivity contribution < 1.29 is 14.3 Å². The molecule has 0 aliphatic carbocycles. The lowest BCUT2D eigenvalue weighted by Gasteiger charge is -2.24. The summed E-state index contributed by atoms with van der Waals surface area (Å²) in [5, 5.41) is 2.34. The minimum absolute atomic E-state index is 0.00267. The summed E-state index contributed by atoms with van der Waals surface area (Å²) in [6.45, 7) is 5.82. The molecule has 0 saturated carbocycles. The molecular formula is C10H19NO3. The molecule has 0 aromatic carbocycles. The van der Waals surface area contributed by atoms with Crippen LogP contribution in [-0.2, 0) is 9.53 Å². The molecule has 0 fully saturated rings. The lowest BCUT2D eigenvalue weighted by molar-refractivity contribution is -0.107. The van der Waals surface area contributed by atoms with Crippen LogP contribution in [0.15, 0.2) is 0 Å². The quantitative estimate of drug-likeness (QED) is 0.667. The molecule has 0 aliphatic heterocycles. The first-order chi connectivity index (χ1) is 6.52. The molecule has 0 heterocycles. The van der Waals surface area contributed by atoms with Crippen molar-refractivity contribution in [2.45, 2.75) is 45.6 Å². The molecule has 4 heteroatoms. The van der Waals surface area contributed by atoms with Gasteiger partial charge in [0.15, 0.2) is 0 Å². The molecule has 82 valence electrons. The molecule has 0 saturated heterocycles. The first-order valence-corrected chi connectivity index (χ1v) is 4.92. The zero-order valence-electron chi connectivity index (χ0n) is 9.13. The van der Waals surface area contributed by atoms with Gasteiger partial charge in [-0.05, 0) is 26.7 Å². The van der Waals surface area contributed by atoms with Crippen LogP contribution in [-0.4, -0.2) is 24.5 Å². The number of hydrogen-bond donors (Lipinski definition) is 1. The highest BCUT2D eigenvalue weighted by atomic mass is 16.6. The summed E-state index contributed by atoms with van der Waals surface area (Å²) in [4.78, 5) is 21.1. The van der Waals surface area contributed by atoms with Crippen LogP contribution in [0.25, 0.3) is 0 Å². The molecule has 0 radical (unpaired) electrons. The topological polar surface area (TPSA) is 55.4 Å². The molecule has 0 aliphatic rings. The van der Waals surface area contributed by atoms with E-state index >= 15 is 0 Å². The third kappa shape index (κ3) is 6.46. The Balaban J connectivity index is 3.82. The smallest absolute Gasteiger partial charge is 0.408 e. The van der Waals surface area contributed by atoms with Crippen LogP contribution >= 0.6 is 0 Å². The van der Waals surface area contributed by atoms with Crippen LogP contribution in [0, 0.1) is 0 Å². The average Bonchev–Trinajstić information content (AvgIpc) is 2.11. The monoisotopic (exact) mass is 201 g/mol. The zero-order valence-corrected chi connectivity index (χ0v) is 9.13. The van der Waals surface area contributed by atoms with Crippen molar-refractivity contribution in [2.24, 2.45) is 0 Å². The molecule has 1 N–H and O–H groups in total. The average molecular weight is 201 g/mol. The molecule has 4 nitrogen and oxygen atoms in total. The second-order valence-electron chi connectivity index (χ2n) is 3.80. The maximum atomic E-state index is 11.1. The van der Waals surface area contributed by atoms with E-state index < -0.39 is 11.7 Å². The summed E-state index contributed by atoms with van der Waals surface area (Å²) < 4.78 is 5.13. The molecule has 0 aromatic rings. The van der Waals surface area contributed by atoms with Gasteiger partial charge in [-0.1, -0.05) is 13.3 Å². The van der Waals surface area contributed by atoms with Crippen molar-refractivity contribution in [1.29, 1.82) is 0 Å². The van der Waals surface area contributed by atoms with Gasteiger partial charge in [0.2, 0.25) is 0 Å². The van der Waals surface area contributed by atoms with Crippen LogP contribution in [0.2, 0.25) is 0 Å². The normalized spacial score (nSPS) is 10.8. The first kappa shape index (κ1) is 12.9. The summed E-state index contributed by atoms with van der Waals surface area (Å²) in [5.41, 5.74) is -0.455. The van der Waals surface area contributed by atoms with Crippen molar-refractivity contribution in [1.82, 2.24) is 5.32 Å². The summed E-state index contributed by atoms with van der Waals surface area (Å²) in [5.74, 6) is 0. The Kier molecular flexibility index (Phi) is 5.92.